The molecule has 0 spiro atoms. The van der Waals surface area contributed by atoms with Crippen molar-refractivity contribution < 1.29 is 4.42 Å². The van der Waals surface area contributed by atoms with E-state index in [9.17, 15) is 0 Å². The van der Waals surface area contributed by atoms with Gasteiger partial charge in [-0.05, 0) is 59.3 Å². The lowest BCUT2D eigenvalue weighted by molar-refractivity contribution is 0.445. The zero-order chi connectivity index (χ0) is 11.4. The van der Waals surface area contributed by atoms with Crippen LogP contribution in [0, 0.1) is 3.77 Å². The molecule has 2 heterocycles. The minimum Gasteiger partial charge on any atom is -0.454 e. The van der Waals surface area contributed by atoms with Gasteiger partial charge in [-0.1, -0.05) is 0 Å². The van der Waals surface area contributed by atoms with Gasteiger partial charge in [-0.15, -0.1) is 0 Å². The van der Waals surface area contributed by atoms with Gasteiger partial charge in [0.15, 0.2) is 3.77 Å². The van der Waals surface area contributed by atoms with Crippen LogP contribution >= 0.6 is 22.6 Å². The molecular formula is C12H13IN2O. The molecule has 0 amide bonds. The molecule has 2 rings (SSSR count). The Labute approximate surface area is 108 Å². The summed E-state index contributed by atoms with van der Waals surface area (Å²) in [6.45, 7) is 2.87. The zero-order valence-corrected chi connectivity index (χ0v) is 11.1. The lowest BCUT2D eigenvalue weighted by atomic mass is 10.1. The Bertz CT molecular complexity index is 441. The second-order valence-corrected chi connectivity index (χ2v) is 4.65. The standard InChI is InChI=1S/C12H13IN2O/c1-9(10-4-6-14-7-5-10)15-8-11-2-3-12(13)16-11/h2-7,9,15H,8H2,1H3/t9-/m0/s1. The fraction of sp³-hybridized carbons (Fsp3) is 0.250. The number of halogens is 1. The predicted octanol–water partition coefficient (Wildman–Crippen LogP) is 3.13. The summed E-state index contributed by atoms with van der Waals surface area (Å²) in [6, 6.07) is 8.29. The highest BCUT2D eigenvalue weighted by atomic mass is 127. The molecule has 4 heteroatoms. The molecule has 0 saturated carbocycles. The number of hydrogen-bond acceptors (Lipinski definition) is 3. The predicted molar refractivity (Wildman–Crippen MR) is 70.9 cm³/mol. The van der Waals surface area contributed by atoms with E-state index in [4.69, 9.17) is 4.42 Å². The molecule has 0 radical (unpaired) electrons. The van der Waals surface area contributed by atoms with E-state index in [2.05, 4.69) is 39.8 Å². The van der Waals surface area contributed by atoms with Gasteiger partial charge in [0.2, 0.25) is 0 Å². The molecule has 0 aromatic carbocycles. The fourth-order valence-electron chi connectivity index (χ4n) is 1.47. The highest BCUT2D eigenvalue weighted by Crippen LogP contribution is 2.13. The number of nitrogens with zero attached hydrogens (tertiary/aromatic N) is 1. The zero-order valence-electron chi connectivity index (χ0n) is 8.98. The third-order valence-corrected chi connectivity index (χ3v) is 3.00. The van der Waals surface area contributed by atoms with Gasteiger partial charge in [0.05, 0.1) is 6.54 Å². The van der Waals surface area contributed by atoms with Crippen LogP contribution in [0.4, 0.5) is 0 Å². The third-order valence-electron chi connectivity index (χ3n) is 2.42. The first kappa shape index (κ1) is 11.6. The normalized spacial score (nSPS) is 12.6. The molecule has 1 N–H and O–H groups in total. The average Bonchev–Trinajstić information content (AvgIpc) is 2.73. The number of hydrogen-bond donors (Lipinski definition) is 1. The summed E-state index contributed by atoms with van der Waals surface area (Å²) in [7, 11) is 0. The van der Waals surface area contributed by atoms with Crippen molar-refractivity contribution in [2.24, 2.45) is 0 Å². The Morgan fingerprint density at radius 1 is 1.31 bits per heavy atom. The number of nitrogens with one attached hydrogen (secondary N) is 1. The molecule has 2 aromatic rings. The highest BCUT2D eigenvalue weighted by Gasteiger charge is 2.05. The smallest absolute Gasteiger partial charge is 0.164 e. The van der Waals surface area contributed by atoms with Crippen molar-refractivity contribution in [1.29, 1.82) is 0 Å². The van der Waals surface area contributed by atoms with Crippen molar-refractivity contribution in [3.63, 3.8) is 0 Å². The van der Waals surface area contributed by atoms with Gasteiger partial charge in [-0.2, -0.15) is 0 Å². The first-order chi connectivity index (χ1) is 7.75. The van der Waals surface area contributed by atoms with Crippen LogP contribution in [0.2, 0.25) is 0 Å². The molecule has 3 nitrogen and oxygen atoms in total. The van der Waals surface area contributed by atoms with Gasteiger partial charge in [-0.25, -0.2) is 0 Å². The Balaban J connectivity index is 1.91. The van der Waals surface area contributed by atoms with Crippen molar-refractivity contribution in [1.82, 2.24) is 10.3 Å². The number of furan rings is 1. The molecule has 0 fully saturated rings. The number of pyridine rings is 1. The first-order valence-electron chi connectivity index (χ1n) is 5.13. The maximum Gasteiger partial charge on any atom is 0.164 e. The van der Waals surface area contributed by atoms with Gasteiger partial charge in [0.1, 0.15) is 5.76 Å². The van der Waals surface area contributed by atoms with Crippen LogP contribution in [0.25, 0.3) is 0 Å². The van der Waals surface area contributed by atoms with E-state index in [1.54, 1.807) is 0 Å². The molecule has 1 atom stereocenters. The molecule has 16 heavy (non-hydrogen) atoms. The Morgan fingerprint density at radius 3 is 2.69 bits per heavy atom. The molecule has 0 bridgehead atoms. The summed E-state index contributed by atoms with van der Waals surface area (Å²) in [5, 5.41) is 3.40. The van der Waals surface area contributed by atoms with E-state index in [0.717, 1.165) is 16.1 Å². The van der Waals surface area contributed by atoms with Crippen LogP contribution in [0.15, 0.2) is 41.1 Å². The second kappa shape index (κ2) is 5.45. The fourth-order valence-corrected chi connectivity index (χ4v) is 1.93. The second-order valence-electron chi connectivity index (χ2n) is 3.59. The van der Waals surface area contributed by atoms with Gasteiger partial charge in [0.25, 0.3) is 0 Å². The van der Waals surface area contributed by atoms with Gasteiger partial charge in [-0.3, -0.25) is 4.98 Å². The highest BCUT2D eigenvalue weighted by molar-refractivity contribution is 14.1. The number of rotatable bonds is 4. The molecule has 0 aliphatic carbocycles. The minimum atomic E-state index is 0.297. The van der Waals surface area contributed by atoms with Crippen LogP contribution in [-0.4, -0.2) is 4.98 Å². The maximum atomic E-state index is 5.48. The van der Waals surface area contributed by atoms with Gasteiger partial charge < -0.3 is 9.73 Å². The lowest BCUT2D eigenvalue weighted by Crippen LogP contribution is -2.17. The SMILES string of the molecule is C[C@H](NCc1ccc(I)o1)c1ccncc1. The van der Waals surface area contributed by atoms with E-state index in [-0.39, 0.29) is 0 Å². The van der Waals surface area contributed by atoms with Crippen molar-refractivity contribution in [3.8, 4) is 0 Å². The molecule has 2 aromatic heterocycles. The van der Waals surface area contributed by atoms with Crippen molar-refractivity contribution >= 4 is 22.6 Å². The summed E-state index contributed by atoms with van der Waals surface area (Å²) in [5.74, 6) is 0.963. The molecular weight excluding hydrogens is 315 g/mol. The van der Waals surface area contributed by atoms with Gasteiger partial charge >= 0.3 is 0 Å². The van der Waals surface area contributed by atoms with E-state index in [1.165, 1.54) is 5.56 Å². The van der Waals surface area contributed by atoms with E-state index in [1.807, 2.05) is 36.7 Å². The maximum absolute atomic E-state index is 5.48. The summed E-state index contributed by atoms with van der Waals surface area (Å²) >= 11 is 2.17. The minimum absolute atomic E-state index is 0.297. The summed E-state index contributed by atoms with van der Waals surface area (Å²) in [4.78, 5) is 4.00. The van der Waals surface area contributed by atoms with E-state index < -0.39 is 0 Å². The Kier molecular flexibility index (Phi) is 3.95. The molecule has 0 unspecified atom stereocenters. The van der Waals surface area contributed by atoms with Crippen LogP contribution in [0.1, 0.15) is 24.3 Å². The number of aromatic nitrogens is 1. The summed E-state index contributed by atoms with van der Waals surface area (Å²) in [6.07, 6.45) is 3.62. The van der Waals surface area contributed by atoms with E-state index in [0.29, 0.717) is 6.04 Å². The monoisotopic (exact) mass is 328 g/mol. The van der Waals surface area contributed by atoms with Crippen LogP contribution < -0.4 is 5.32 Å². The van der Waals surface area contributed by atoms with Crippen molar-refractivity contribution in [3.05, 3.63) is 51.7 Å². The first-order valence-corrected chi connectivity index (χ1v) is 6.21. The van der Waals surface area contributed by atoms with Crippen LogP contribution in [0.3, 0.4) is 0 Å². The molecule has 0 aliphatic rings. The molecule has 84 valence electrons. The largest absolute Gasteiger partial charge is 0.454 e. The van der Waals surface area contributed by atoms with Crippen molar-refractivity contribution in [2.75, 3.05) is 0 Å². The van der Waals surface area contributed by atoms with Crippen molar-refractivity contribution in [2.45, 2.75) is 19.5 Å². The lowest BCUT2D eigenvalue weighted by Gasteiger charge is -2.12. The van der Waals surface area contributed by atoms with Gasteiger partial charge in [0, 0.05) is 18.4 Å². The quantitative estimate of drug-likeness (QED) is 0.877. The summed E-state index contributed by atoms with van der Waals surface area (Å²) in [5.41, 5.74) is 1.23. The molecule has 0 aliphatic heterocycles. The van der Waals surface area contributed by atoms with Crippen LogP contribution in [0.5, 0.6) is 0 Å². The molecule has 0 saturated heterocycles. The van der Waals surface area contributed by atoms with Crippen LogP contribution in [-0.2, 0) is 6.54 Å². The Morgan fingerprint density at radius 2 is 2.06 bits per heavy atom. The average molecular weight is 328 g/mol. The third kappa shape index (κ3) is 3.05. The summed E-state index contributed by atoms with van der Waals surface area (Å²) < 4.78 is 6.40. The topological polar surface area (TPSA) is 38.1 Å². The van der Waals surface area contributed by atoms with E-state index >= 15 is 0 Å². The Hall–Kier alpha value is -0.880.